The van der Waals surface area contributed by atoms with Gasteiger partial charge in [0.2, 0.25) is 5.91 Å². The standard InChI is InChI=1S/C13H15NO4/c1-9(2)12(15)14-8-18-11-6-4-10(5-7-11)13(16)17-3/h4-7H,1,8H2,2-3H3,(H,14,15). The van der Waals surface area contributed by atoms with Gasteiger partial charge in [-0.15, -0.1) is 0 Å². The molecule has 1 aromatic carbocycles. The Labute approximate surface area is 105 Å². The fourth-order valence-electron chi connectivity index (χ4n) is 1.14. The van der Waals surface area contributed by atoms with Crippen LogP contribution >= 0.6 is 0 Å². The Bertz CT molecular complexity index is 451. The van der Waals surface area contributed by atoms with E-state index in [2.05, 4.69) is 16.6 Å². The maximum absolute atomic E-state index is 11.2. The first kappa shape index (κ1) is 13.8. The zero-order valence-corrected chi connectivity index (χ0v) is 10.4. The van der Waals surface area contributed by atoms with Crippen LogP contribution in [0.25, 0.3) is 0 Å². The van der Waals surface area contributed by atoms with E-state index in [1.807, 2.05) is 0 Å². The van der Waals surface area contributed by atoms with Crippen molar-refractivity contribution in [2.45, 2.75) is 6.92 Å². The zero-order chi connectivity index (χ0) is 13.5. The molecular formula is C13H15NO4. The summed E-state index contributed by atoms with van der Waals surface area (Å²) in [6, 6.07) is 6.42. The van der Waals surface area contributed by atoms with E-state index in [0.717, 1.165) is 0 Å². The maximum Gasteiger partial charge on any atom is 0.337 e. The average Bonchev–Trinajstić information content (AvgIpc) is 2.38. The van der Waals surface area contributed by atoms with E-state index in [-0.39, 0.29) is 12.6 Å². The fourth-order valence-corrected chi connectivity index (χ4v) is 1.14. The van der Waals surface area contributed by atoms with Crippen LogP contribution in [0.5, 0.6) is 5.75 Å². The lowest BCUT2D eigenvalue weighted by molar-refractivity contribution is -0.118. The molecule has 5 nitrogen and oxygen atoms in total. The van der Waals surface area contributed by atoms with Gasteiger partial charge in [-0.05, 0) is 31.2 Å². The number of esters is 1. The molecule has 1 amide bonds. The Hall–Kier alpha value is -2.30. The lowest BCUT2D eigenvalue weighted by Gasteiger charge is -2.08. The lowest BCUT2D eigenvalue weighted by atomic mass is 10.2. The maximum atomic E-state index is 11.2. The van der Waals surface area contributed by atoms with Crippen molar-refractivity contribution in [1.29, 1.82) is 0 Å². The number of benzene rings is 1. The minimum atomic E-state index is -0.405. The Morgan fingerprint density at radius 3 is 2.39 bits per heavy atom. The number of ether oxygens (including phenoxy) is 2. The molecule has 0 saturated heterocycles. The van der Waals surface area contributed by atoms with Gasteiger partial charge in [0.15, 0.2) is 6.73 Å². The highest BCUT2D eigenvalue weighted by molar-refractivity contribution is 5.92. The molecule has 0 heterocycles. The van der Waals surface area contributed by atoms with Crippen molar-refractivity contribution in [3.8, 4) is 5.75 Å². The molecule has 5 heteroatoms. The van der Waals surface area contributed by atoms with Gasteiger partial charge in [0.05, 0.1) is 12.7 Å². The van der Waals surface area contributed by atoms with E-state index in [1.54, 1.807) is 31.2 Å². The second kappa shape index (κ2) is 6.44. The van der Waals surface area contributed by atoms with Crippen LogP contribution in [-0.4, -0.2) is 25.7 Å². The van der Waals surface area contributed by atoms with Crippen molar-refractivity contribution in [2.75, 3.05) is 13.8 Å². The van der Waals surface area contributed by atoms with Crippen LogP contribution in [0.1, 0.15) is 17.3 Å². The molecule has 1 aromatic rings. The molecule has 0 aliphatic heterocycles. The van der Waals surface area contributed by atoms with Crippen LogP contribution in [0.4, 0.5) is 0 Å². The second-order valence-corrected chi connectivity index (χ2v) is 3.59. The first-order chi connectivity index (χ1) is 8.54. The molecule has 0 atom stereocenters. The molecule has 0 unspecified atom stereocenters. The molecule has 18 heavy (non-hydrogen) atoms. The van der Waals surface area contributed by atoms with E-state index in [0.29, 0.717) is 16.9 Å². The summed E-state index contributed by atoms with van der Waals surface area (Å²) in [5.41, 5.74) is 0.857. The van der Waals surface area contributed by atoms with Crippen molar-refractivity contribution in [1.82, 2.24) is 5.32 Å². The molecule has 0 fully saturated rings. The summed E-state index contributed by atoms with van der Waals surface area (Å²) in [5, 5.41) is 2.53. The summed E-state index contributed by atoms with van der Waals surface area (Å²) < 4.78 is 9.84. The van der Waals surface area contributed by atoms with E-state index in [4.69, 9.17) is 4.74 Å². The lowest BCUT2D eigenvalue weighted by Crippen LogP contribution is -2.27. The highest BCUT2D eigenvalue weighted by Crippen LogP contribution is 2.12. The first-order valence-corrected chi connectivity index (χ1v) is 5.29. The van der Waals surface area contributed by atoms with Crippen LogP contribution in [0.15, 0.2) is 36.4 Å². The molecule has 1 rings (SSSR count). The molecule has 0 saturated carbocycles. The van der Waals surface area contributed by atoms with Gasteiger partial charge in [0.1, 0.15) is 5.75 Å². The Kier molecular flexibility index (Phi) is 4.92. The highest BCUT2D eigenvalue weighted by Gasteiger charge is 2.05. The monoisotopic (exact) mass is 249 g/mol. The first-order valence-electron chi connectivity index (χ1n) is 5.29. The van der Waals surface area contributed by atoms with Crippen molar-refractivity contribution < 1.29 is 19.1 Å². The highest BCUT2D eigenvalue weighted by atomic mass is 16.5. The summed E-state index contributed by atoms with van der Waals surface area (Å²) in [6.07, 6.45) is 0. The van der Waals surface area contributed by atoms with Gasteiger partial charge in [-0.3, -0.25) is 4.79 Å². The number of carbonyl (C=O) groups excluding carboxylic acids is 2. The third-order valence-electron chi connectivity index (χ3n) is 2.13. The minimum absolute atomic E-state index is 0.0449. The Morgan fingerprint density at radius 1 is 1.28 bits per heavy atom. The number of rotatable bonds is 5. The molecule has 0 spiro atoms. The van der Waals surface area contributed by atoms with Crippen LogP contribution in [0.2, 0.25) is 0 Å². The predicted octanol–water partition coefficient (Wildman–Crippen LogP) is 1.50. The largest absolute Gasteiger partial charge is 0.473 e. The van der Waals surface area contributed by atoms with Crippen LogP contribution in [0, 0.1) is 0 Å². The zero-order valence-electron chi connectivity index (χ0n) is 10.4. The Morgan fingerprint density at radius 2 is 1.89 bits per heavy atom. The molecule has 96 valence electrons. The summed E-state index contributed by atoms with van der Waals surface area (Å²) >= 11 is 0. The molecule has 1 N–H and O–H groups in total. The summed E-state index contributed by atoms with van der Waals surface area (Å²) in [5.74, 6) is -0.122. The number of nitrogens with one attached hydrogen (secondary N) is 1. The van der Waals surface area contributed by atoms with Gasteiger partial charge in [0.25, 0.3) is 0 Å². The van der Waals surface area contributed by atoms with Gasteiger partial charge in [0, 0.05) is 5.57 Å². The number of hydrogen-bond acceptors (Lipinski definition) is 4. The summed E-state index contributed by atoms with van der Waals surface area (Å²) in [7, 11) is 1.32. The van der Waals surface area contributed by atoms with Crippen molar-refractivity contribution >= 4 is 11.9 Å². The normalized spacial score (nSPS) is 9.44. The summed E-state index contributed by atoms with van der Waals surface area (Å²) in [4.78, 5) is 22.3. The number of carbonyl (C=O) groups is 2. The third kappa shape index (κ3) is 3.93. The Balaban J connectivity index is 2.47. The SMILES string of the molecule is C=C(C)C(=O)NCOc1ccc(C(=O)OC)cc1. The van der Waals surface area contributed by atoms with Crippen LogP contribution in [0.3, 0.4) is 0 Å². The van der Waals surface area contributed by atoms with Crippen molar-refractivity contribution in [2.24, 2.45) is 0 Å². The molecule has 0 aliphatic carbocycles. The molecule has 0 aromatic heterocycles. The van der Waals surface area contributed by atoms with E-state index in [1.165, 1.54) is 7.11 Å². The van der Waals surface area contributed by atoms with Gasteiger partial charge < -0.3 is 14.8 Å². The molecule has 0 radical (unpaired) electrons. The number of hydrogen-bond donors (Lipinski definition) is 1. The van der Waals surface area contributed by atoms with E-state index >= 15 is 0 Å². The van der Waals surface area contributed by atoms with Crippen LogP contribution in [-0.2, 0) is 9.53 Å². The number of methoxy groups -OCH3 is 1. The topological polar surface area (TPSA) is 64.6 Å². The third-order valence-corrected chi connectivity index (χ3v) is 2.13. The smallest absolute Gasteiger partial charge is 0.337 e. The molecule has 0 aliphatic rings. The van der Waals surface area contributed by atoms with Gasteiger partial charge >= 0.3 is 5.97 Å². The summed E-state index contributed by atoms with van der Waals surface area (Å²) in [6.45, 7) is 5.16. The number of amides is 1. The molecule has 0 bridgehead atoms. The second-order valence-electron chi connectivity index (χ2n) is 3.59. The fraction of sp³-hybridized carbons (Fsp3) is 0.231. The quantitative estimate of drug-likeness (QED) is 0.488. The van der Waals surface area contributed by atoms with Gasteiger partial charge in [-0.1, -0.05) is 6.58 Å². The van der Waals surface area contributed by atoms with E-state index in [9.17, 15) is 9.59 Å². The average molecular weight is 249 g/mol. The van der Waals surface area contributed by atoms with E-state index < -0.39 is 5.97 Å². The minimum Gasteiger partial charge on any atom is -0.473 e. The van der Waals surface area contributed by atoms with Gasteiger partial charge in [-0.25, -0.2) is 4.79 Å². The van der Waals surface area contributed by atoms with Gasteiger partial charge in [-0.2, -0.15) is 0 Å². The predicted molar refractivity (Wildman–Crippen MR) is 66.2 cm³/mol. The molecular weight excluding hydrogens is 234 g/mol. The van der Waals surface area contributed by atoms with Crippen molar-refractivity contribution in [3.05, 3.63) is 42.0 Å². The van der Waals surface area contributed by atoms with Crippen LogP contribution < -0.4 is 10.1 Å². The van der Waals surface area contributed by atoms with Crippen molar-refractivity contribution in [3.63, 3.8) is 0 Å².